The van der Waals surface area contributed by atoms with Gasteiger partial charge in [-0.25, -0.2) is 21.1 Å². The zero-order chi connectivity index (χ0) is 28.1. The van der Waals surface area contributed by atoms with Crippen molar-refractivity contribution in [2.24, 2.45) is 0 Å². The van der Waals surface area contributed by atoms with Gasteiger partial charge in [-0.05, 0) is 69.9 Å². The molecule has 0 N–H and O–H groups in total. The summed E-state index contributed by atoms with van der Waals surface area (Å²) in [6.07, 6.45) is 1.49. The maximum atomic E-state index is 13.8. The third kappa shape index (κ3) is 7.35. The lowest BCUT2D eigenvalue weighted by Crippen LogP contribution is -2.52. The van der Waals surface area contributed by atoms with Crippen LogP contribution in [0.2, 0.25) is 5.02 Å². The molecule has 38 heavy (non-hydrogen) atoms. The van der Waals surface area contributed by atoms with E-state index in [1.165, 1.54) is 8.61 Å². The van der Waals surface area contributed by atoms with Gasteiger partial charge in [0.15, 0.2) is 0 Å². The number of halogens is 1. The van der Waals surface area contributed by atoms with E-state index < -0.39 is 25.3 Å². The van der Waals surface area contributed by atoms with Crippen molar-refractivity contribution in [3.05, 3.63) is 64.7 Å². The SMILES string of the molecule is CCCN(CC(=O)N(Cc1cccc(Cl)c1)C1CCN(S(=O)(=O)C(C)C)CC1)S(=O)(=O)c1ccc(C)cc1. The Hall–Kier alpha value is -1.98. The summed E-state index contributed by atoms with van der Waals surface area (Å²) < 4.78 is 55.0. The lowest BCUT2D eigenvalue weighted by Gasteiger charge is -2.39. The molecule has 1 fully saturated rings. The molecule has 0 unspecified atom stereocenters. The van der Waals surface area contributed by atoms with Crippen LogP contribution in [0.1, 0.15) is 51.2 Å². The Morgan fingerprint density at radius 2 is 1.68 bits per heavy atom. The van der Waals surface area contributed by atoms with Gasteiger partial charge in [0.1, 0.15) is 0 Å². The predicted octanol–water partition coefficient (Wildman–Crippen LogP) is 4.28. The highest BCUT2D eigenvalue weighted by atomic mass is 35.5. The van der Waals surface area contributed by atoms with Crippen molar-refractivity contribution < 1.29 is 21.6 Å². The Labute approximate surface area is 232 Å². The summed E-state index contributed by atoms with van der Waals surface area (Å²) >= 11 is 6.19. The van der Waals surface area contributed by atoms with Crippen LogP contribution in [0.3, 0.4) is 0 Å². The molecule has 1 aliphatic heterocycles. The largest absolute Gasteiger partial charge is 0.334 e. The van der Waals surface area contributed by atoms with E-state index in [-0.39, 0.29) is 36.5 Å². The van der Waals surface area contributed by atoms with Crippen molar-refractivity contribution in [2.75, 3.05) is 26.2 Å². The average molecular weight is 584 g/mol. The number of rotatable bonds is 11. The number of aryl methyl sites for hydroxylation is 1. The van der Waals surface area contributed by atoms with Crippen LogP contribution in [-0.2, 0) is 31.4 Å². The molecule has 0 radical (unpaired) electrons. The number of benzene rings is 2. The topological polar surface area (TPSA) is 95.1 Å². The van der Waals surface area contributed by atoms with E-state index in [1.54, 1.807) is 55.1 Å². The van der Waals surface area contributed by atoms with E-state index in [0.29, 0.717) is 37.4 Å². The van der Waals surface area contributed by atoms with E-state index in [0.717, 1.165) is 11.1 Å². The first kappa shape index (κ1) is 30.6. The second-order valence-corrected chi connectivity index (χ2v) is 14.9. The van der Waals surface area contributed by atoms with E-state index in [1.807, 2.05) is 26.0 Å². The van der Waals surface area contributed by atoms with Crippen molar-refractivity contribution in [1.82, 2.24) is 13.5 Å². The second kappa shape index (κ2) is 12.9. The molecule has 3 rings (SSSR count). The van der Waals surface area contributed by atoms with Crippen molar-refractivity contribution in [2.45, 2.75) is 69.7 Å². The quantitative estimate of drug-likeness (QED) is 0.393. The first-order valence-corrected chi connectivity index (χ1v) is 16.3. The Bertz CT molecular complexity index is 1310. The van der Waals surface area contributed by atoms with Gasteiger partial charge in [0, 0.05) is 37.2 Å². The van der Waals surface area contributed by atoms with Gasteiger partial charge >= 0.3 is 0 Å². The number of hydrogen-bond acceptors (Lipinski definition) is 5. The van der Waals surface area contributed by atoms with Crippen LogP contribution in [-0.4, -0.2) is 73.7 Å². The van der Waals surface area contributed by atoms with Crippen LogP contribution in [0.15, 0.2) is 53.4 Å². The highest BCUT2D eigenvalue weighted by Gasteiger charge is 2.35. The number of nitrogens with zero attached hydrogens (tertiary/aromatic N) is 3. The average Bonchev–Trinajstić information content (AvgIpc) is 2.87. The molecule has 2 aromatic rings. The second-order valence-electron chi connectivity index (χ2n) is 10.0. The third-order valence-electron chi connectivity index (χ3n) is 6.83. The summed E-state index contributed by atoms with van der Waals surface area (Å²) in [5.41, 5.74) is 1.77. The summed E-state index contributed by atoms with van der Waals surface area (Å²) in [5.74, 6) is -0.320. The molecule has 0 atom stereocenters. The minimum atomic E-state index is -3.88. The summed E-state index contributed by atoms with van der Waals surface area (Å²) in [5, 5.41) is 0.0279. The van der Waals surface area contributed by atoms with Gasteiger partial charge in [-0.1, -0.05) is 48.4 Å². The summed E-state index contributed by atoms with van der Waals surface area (Å²) in [7, 11) is -7.27. The fourth-order valence-corrected chi connectivity index (χ4v) is 7.60. The fourth-order valence-electron chi connectivity index (χ4n) is 4.59. The Kier molecular flexibility index (Phi) is 10.4. The third-order valence-corrected chi connectivity index (χ3v) is 11.2. The highest BCUT2D eigenvalue weighted by Crippen LogP contribution is 2.25. The van der Waals surface area contributed by atoms with Gasteiger partial charge < -0.3 is 4.90 Å². The molecular weight excluding hydrogens is 546 g/mol. The molecule has 0 spiro atoms. The Morgan fingerprint density at radius 1 is 1.05 bits per heavy atom. The molecule has 1 aliphatic rings. The lowest BCUT2D eigenvalue weighted by molar-refractivity contribution is -0.135. The van der Waals surface area contributed by atoms with Gasteiger partial charge in [0.05, 0.1) is 16.7 Å². The highest BCUT2D eigenvalue weighted by molar-refractivity contribution is 7.89. The Balaban J connectivity index is 1.86. The molecule has 0 saturated carbocycles. The van der Waals surface area contributed by atoms with E-state index in [2.05, 4.69) is 0 Å². The van der Waals surface area contributed by atoms with E-state index in [4.69, 9.17) is 11.6 Å². The minimum Gasteiger partial charge on any atom is -0.334 e. The van der Waals surface area contributed by atoms with Crippen molar-refractivity contribution in [1.29, 1.82) is 0 Å². The normalized spacial score (nSPS) is 15.8. The van der Waals surface area contributed by atoms with Crippen LogP contribution < -0.4 is 0 Å². The van der Waals surface area contributed by atoms with Crippen LogP contribution in [0.4, 0.5) is 0 Å². The molecule has 2 aromatic carbocycles. The van der Waals surface area contributed by atoms with Gasteiger partial charge in [-0.15, -0.1) is 0 Å². The molecule has 0 bridgehead atoms. The predicted molar refractivity (Wildman–Crippen MR) is 151 cm³/mol. The fraction of sp³-hybridized carbons (Fsp3) is 0.519. The van der Waals surface area contributed by atoms with Crippen LogP contribution in [0, 0.1) is 6.92 Å². The summed E-state index contributed by atoms with van der Waals surface area (Å²) in [6.45, 7) is 7.86. The molecule has 210 valence electrons. The summed E-state index contributed by atoms with van der Waals surface area (Å²) in [4.78, 5) is 15.6. The van der Waals surface area contributed by atoms with E-state index in [9.17, 15) is 21.6 Å². The zero-order valence-electron chi connectivity index (χ0n) is 22.5. The maximum Gasteiger partial charge on any atom is 0.243 e. The van der Waals surface area contributed by atoms with Crippen LogP contribution in [0.5, 0.6) is 0 Å². The molecule has 1 saturated heterocycles. The number of carbonyl (C=O) groups excluding carboxylic acids is 1. The van der Waals surface area contributed by atoms with Crippen LogP contribution in [0.25, 0.3) is 0 Å². The lowest BCUT2D eigenvalue weighted by atomic mass is 10.0. The minimum absolute atomic E-state index is 0.151. The monoisotopic (exact) mass is 583 g/mol. The van der Waals surface area contributed by atoms with Crippen molar-refractivity contribution in [3.8, 4) is 0 Å². The van der Waals surface area contributed by atoms with E-state index >= 15 is 0 Å². The molecule has 1 amide bonds. The zero-order valence-corrected chi connectivity index (χ0v) is 24.9. The van der Waals surface area contributed by atoms with Gasteiger partial charge in [-0.3, -0.25) is 4.79 Å². The number of piperidine rings is 1. The first-order chi connectivity index (χ1) is 17.9. The standard InChI is InChI=1S/C27H38ClN3O5S2/c1-5-15-30(38(35,36)26-11-9-22(4)10-12-26)20-27(32)31(19-23-7-6-8-24(28)18-23)25-13-16-29(17-14-25)37(33,34)21(2)3/h6-12,18,21,25H,5,13-17,19-20H2,1-4H3. The molecule has 8 nitrogen and oxygen atoms in total. The summed E-state index contributed by atoms with van der Waals surface area (Å²) in [6, 6.07) is 13.6. The number of hydrogen-bond donors (Lipinski definition) is 0. The smallest absolute Gasteiger partial charge is 0.243 e. The molecule has 11 heteroatoms. The number of amides is 1. The van der Waals surface area contributed by atoms with Gasteiger partial charge in [0.2, 0.25) is 26.0 Å². The molecule has 0 aliphatic carbocycles. The molecule has 0 aromatic heterocycles. The number of sulfonamides is 2. The molecular formula is C27H38ClN3O5S2. The van der Waals surface area contributed by atoms with Crippen molar-refractivity contribution in [3.63, 3.8) is 0 Å². The van der Waals surface area contributed by atoms with Crippen LogP contribution >= 0.6 is 11.6 Å². The first-order valence-electron chi connectivity index (χ1n) is 13.0. The Morgan fingerprint density at radius 3 is 2.24 bits per heavy atom. The maximum absolute atomic E-state index is 13.8. The number of carbonyl (C=O) groups is 1. The van der Waals surface area contributed by atoms with Gasteiger partial charge in [0.25, 0.3) is 0 Å². The van der Waals surface area contributed by atoms with Gasteiger partial charge in [-0.2, -0.15) is 4.31 Å². The van der Waals surface area contributed by atoms with Crippen molar-refractivity contribution >= 4 is 37.6 Å². The molecule has 1 heterocycles.